The van der Waals surface area contributed by atoms with Gasteiger partial charge in [0.15, 0.2) is 0 Å². The molecule has 46 valence electrons. The summed E-state index contributed by atoms with van der Waals surface area (Å²) in [6.45, 7) is 1.74. The third-order valence-electron chi connectivity index (χ3n) is 0.515. The largest absolute Gasteiger partial charge is 1.00 e. The molecule has 0 amide bonds. The van der Waals surface area contributed by atoms with Crippen molar-refractivity contribution in [1.29, 1.82) is 0 Å². The summed E-state index contributed by atoms with van der Waals surface area (Å²) in [5, 5.41) is 0. The smallest absolute Gasteiger partial charge is 1.00 e. The summed E-state index contributed by atoms with van der Waals surface area (Å²) in [5.74, 6) is 0. The van der Waals surface area contributed by atoms with Crippen LogP contribution < -0.4 is 29.6 Å². The van der Waals surface area contributed by atoms with Gasteiger partial charge in [-0.3, -0.25) is 4.57 Å². The van der Waals surface area contributed by atoms with E-state index < -0.39 is 7.60 Å². The first-order valence-corrected chi connectivity index (χ1v) is 3.90. The number of hydrogen-bond acceptors (Lipinski definition) is 1. The van der Waals surface area contributed by atoms with Crippen molar-refractivity contribution in [3.05, 3.63) is 0 Å². The Bertz CT molecular complexity index is 93.1. The van der Waals surface area contributed by atoms with Crippen molar-refractivity contribution in [3.8, 4) is 0 Å². The Morgan fingerprint density at radius 3 is 2.00 bits per heavy atom. The standard InChI is InChI=1S/C3H9O3P.Na.H/c1-2-3-7(4,5)6;;/h2-3H2,1H3,(H2,4,5,6);;/q;+1;-1. The molecule has 0 saturated heterocycles. The van der Waals surface area contributed by atoms with Crippen LogP contribution in [-0.2, 0) is 4.57 Å². The van der Waals surface area contributed by atoms with Gasteiger partial charge in [-0.1, -0.05) is 6.92 Å². The Hall–Kier alpha value is 1.15. The van der Waals surface area contributed by atoms with Gasteiger partial charge in [-0.25, -0.2) is 0 Å². The topological polar surface area (TPSA) is 57.5 Å². The molecule has 0 bridgehead atoms. The molecule has 5 heteroatoms. The molecule has 0 aromatic carbocycles. The summed E-state index contributed by atoms with van der Waals surface area (Å²) in [7, 11) is -3.67. The molecule has 0 atom stereocenters. The first kappa shape index (κ1) is 11.9. The molecule has 0 unspecified atom stereocenters. The molecule has 3 nitrogen and oxygen atoms in total. The summed E-state index contributed by atoms with van der Waals surface area (Å²) >= 11 is 0. The molecule has 0 saturated carbocycles. The summed E-state index contributed by atoms with van der Waals surface area (Å²) < 4.78 is 9.93. The Morgan fingerprint density at radius 1 is 1.62 bits per heavy atom. The van der Waals surface area contributed by atoms with Crippen molar-refractivity contribution in [3.63, 3.8) is 0 Å². The van der Waals surface area contributed by atoms with E-state index in [-0.39, 0.29) is 37.1 Å². The Morgan fingerprint density at radius 2 is 2.00 bits per heavy atom. The van der Waals surface area contributed by atoms with E-state index in [2.05, 4.69) is 0 Å². The number of hydrogen-bond donors (Lipinski definition) is 2. The SMILES string of the molecule is CCCP(=O)(O)O.[H-].[Na+]. The maximum absolute atomic E-state index is 9.93. The van der Waals surface area contributed by atoms with Crippen LogP contribution in [0.3, 0.4) is 0 Å². The average molecular weight is 148 g/mol. The molecule has 0 rings (SSSR count). The maximum atomic E-state index is 9.93. The predicted octanol–water partition coefficient (Wildman–Crippen LogP) is -2.31. The van der Waals surface area contributed by atoms with Gasteiger partial charge in [0, 0.05) is 6.16 Å². The van der Waals surface area contributed by atoms with E-state index in [4.69, 9.17) is 9.79 Å². The molecular formula is C3H10NaO3P. The Kier molecular flexibility index (Phi) is 7.40. The van der Waals surface area contributed by atoms with Crippen molar-refractivity contribution >= 4 is 7.60 Å². The fraction of sp³-hybridized carbons (Fsp3) is 1.00. The van der Waals surface area contributed by atoms with Gasteiger partial charge in [-0.15, -0.1) is 0 Å². The van der Waals surface area contributed by atoms with E-state index in [9.17, 15) is 4.57 Å². The van der Waals surface area contributed by atoms with Crippen molar-refractivity contribution < 1.29 is 45.3 Å². The molecule has 0 aromatic rings. The molecule has 0 aliphatic carbocycles. The first-order chi connectivity index (χ1) is 3.06. The van der Waals surface area contributed by atoms with Gasteiger partial charge in [-0.2, -0.15) is 0 Å². The fourth-order valence-corrected chi connectivity index (χ4v) is 0.874. The minimum atomic E-state index is -3.67. The first-order valence-electron chi connectivity index (χ1n) is 2.11. The third kappa shape index (κ3) is 10.2. The summed E-state index contributed by atoms with van der Waals surface area (Å²) in [6.07, 6.45) is 0.553. The molecule has 0 aliphatic heterocycles. The van der Waals surface area contributed by atoms with Gasteiger partial charge in [0.05, 0.1) is 0 Å². The quantitative estimate of drug-likeness (QED) is 0.341. The van der Waals surface area contributed by atoms with Crippen LogP contribution in [0.2, 0.25) is 0 Å². The van der Waals surface area contributed by atoms with E-state index in [1.165, 1.54) is 0 Å². The molecule has 8 heavy (non-hydrogen) atoms. The van der Waals surface area contributed by atoms with E-state index in [1.54, 1.807) is 6.92 Å². The molecule has 0 spiro atoms. The van der Waals surface area contributed by atoms with E-state index in [0.717, 1.165) is 0 Å². The summed E-state index contributed by atoms with van der Waals surface area (Å²) in [6, 6.07) is 0. The second-order valence-electron chi connectivity index (χ2n) is 1.39. The fourth-order valence-electron chi connectivity index (χ4n) is 0.291. The molecule has 2 N–H and O–H groups in total. The molecular weight excluding hydrogens is 138 g/mol. The zero-order valence-corrected chi connectivity index (χ0v) is 8.06. The summed E-state index contributed by atoms with van der Waals surface area (Å²) in [4.78, 5) is 16.3. The molecule has 0 radical (unpaired) electrons. The van der Waals surface area contributed by atoms with Gasteiger partial charge in [0.25, 0.3) is 0 Å². The predicted molar refractivity (Wildman–Crippen MR) is 28.3 cm³/mol. The molecule has 0 aliphatic rings. The summed E-state index contributed by atoms with van der Waals surface area (Å²) in [5.41, 5.74) is 0. The second-order valence-corrected chi connectivity index (χ2v) is 3.16. The molecule has 0 heterocycles. The molecule has 0 fully saturated rings. The van der Waals surface area contributed by atoms with Crippen LogP contribution in [0.15, 0.2) is 0 Å². The minimum absolute atomic E-state index is 0. The zero-order valence-electron chi connectivity index (χ0n) is 6.16. The Balaban J connectivity index is -0.000000180. The van der Waals surface area contributed by atoms with Gasteiger partial charge >= 0.3 is 37.2 Å². The van der Waals surface area contributed by atoms with Crippen molar-refractivity contribution in [1.82, 2.24) is 0 Å². The maximum Gasteiger partial charge on any atom is 1.00 e. The van der Waals surface area contributed by atoms with Crippen molar-refractivity contribution in [2.75, 3.05) is 6.16 Å². The second kappa shape index (κ2) is 4.98. The van der Waals surface area contributed by atoms with Crippen LogP contribution in [0.4, 0.5) is 0 Å². The van der Waals surface area contributed by atoms with E-state index >= 15 is 0 Å². The van der Waals surface area contributed by atoms with Crippen LogP contribution in [0.1, 0.15) is 14.8 Å². The monoisotopic (exact) mass is 148 g/mol. The third-order valence-corrected chi connectivity index (χ3v) is 1.54. The molecule has 0 aromatic heterocycles. The van der Waals surface area contributed by atoms with Gasteiger partial charge in [0.2, 0.25) is 0 Å². The van der Waals surface area contributed by atoms with Crippen LogP contribution in [0.5, 0.6) is 0 Å². The van der Waals surface area contributed by atoms with Crippen LogP contribution in [-0.4, -0.2) is 15.9 Å². The zero-order chi connectivity index (χ0) is 5.91. The van der Waals surface area contributed by atoms with E-state index in [1.807, 2.05) is 0 Å². The number of rotatable bonds is 2. The van der Waals surface area contributed by atoms with Gasteiger partial charge in [0.1, 0.15) is 0 Å². The normalized spacial score (nSPS) is 10.4. The van der Waals surface area contributed by atoms with Gasteiger partial charge in [-0.05, 0) is 6.42 Å². The van der Waals surface area contributed by atoms with Gasteiger partial charge < -0.3 is 11.2 Å². The average Bonchev–Trinajstić information content (AvgIpc) is 1.30. The Labute approximate surface area is 72.4 Å². The van der Waals surface area contributed by atoms with Crippen LogP contribution in [0.25, 0.3) is 0 Å². The minimum Gasteiger partial charge on any atom is -1.00 e. The van der Waals surface area contributed by atoms with E-state index in [0.29, 0.717) is 6.42 Å². The van der Waals surface area contributed by atoms with Crippen LogP contribution in [0, 0.1) is 0 Å². The van der Waals surface area contributed by atoms with Crippen molar-refractivity contribution in [2.45, 2.75) is 13.3 Å². The van der Waals surface area contributed by atoms with Crippen LogP contribution >= 0.6 is 7.60 Å². The van der Waals surface area contributed by atoms with Crippen molar-refractivity contribution in [2.24, 2.45) is 0 Å².